The van der Waals surface area contributed by atoms with E-state index in [1.54, 1.807) is 47.6 Å². The first-order valence-electron chi connectivity index (χ1n) is 18.7. The zero-order valence-corrected chi connectivity index (χ0v) is 33.5. The summed E-state index contributed by atoms with van der Waals surface area (Å²) in [6.07, 6.45) is 8.14. The number of nitrogens with one attached hydrogen (secondary N) is 4. The molecule has 6 N–H and O–H groups in total. The van der Waals surface area contributed by atoms with E-state index in [2.05, 4.69) is 34.5 Å². The molecule has 2 aliphatic rings. The Labute approximate surface area is 335 Å². The molecule has 0 radical (unpaired) electrons. The largest absolute Gasteiger partial charge is 0.486 e. The molecule has 56 heavy (non-hydrogen) atoms. The third-order valence-corrected chi connectivity index (χ3v) is 11.3. The van der Waals surface area contributed by atoms with E-state index < -0.39 is 59.8 Å². The number of anilines is 1. The molecule has 0 spiro atoms. The Morgan fingerprint density at radius 3 is 2.18 bits per heavy atom. The minimum Gasteiger partial charge on any atom is -0.486 e. The van der Waals surface area contributed by atoms with Gasteiger partial charge in [0, 0.05) is 18.7 Å². The van der Waals surface area contributed by atoms with Crippen molar-refractivity contribution in [1.82, 2.24) is 20.7 Å². The summed E-state index contributed by atoms with van der Waals surface area (Å²) in [6, 6.07) is 15.2. The Kier molecular flexibility index (Phi) is 17.0. The number of aliphatic carboxylic acids is 1. The molecule has 1 heterocycles. The number of carboxylic acids is 1. The maximum Gasteiger partial charge on any atom is 0.328 e. The Bertz CT molecular complexity index is 1770. The minimum atomic E-state index is -1.43. The number of thioether (sulfide) groups is 1. The molecule has 0 saturated heterocycles. The molecule has 0 bridgehead atoms. The maximum atomic E-state index is 14.7. The van der Waals surface area contributed by atoms with Gasteiger partial charge in [0.05, 0.1) is 11.5 Å². The summed E-state index contributed by atoms with van der Waals surface area (Å²) in [5, 5.41) is 24.9. The topological polar surface area (TPSA) is 203 Å². The summed E-state index contributed by atoms with van der Waals surface area (Å²) in [7, 11) is 0. The molecule has 2 aromatic rings. The molecule has 1 aliphatic carbocycles. The van der Waals surface area contributed by atoms with E-state index in [1.165, 1.54) is 23.7 Å². The van der Waals surface area contributed by atoms with E-state index in [1.807, 2.05) is 30.3 Å². The molecular formula is C40H51N5O9S2. The van der Waals surface area contributed by atoms with Gasteiger partial charge in [-0.05, 0) is 61.2 Å². The summed E-state index contributed by atoms with van der Waals surface area (Å²) < 4.78 is 9.53. The summed E-state index contributed by atoms with van der Waals surface area (Å²) in [5.41, 5.74) is 0.404. The fraction of sp³-hybridized carbons (Fsp3) is 0.450. The molecular weight excluding hydrogens is 759 g/mol. The van der Waals surface area contributed by atoms with Crippen molar-refractivity contribution < 1.29 is 43.7 Å². The number of carbonyl (C=O) groups excluding carboxylic acids is 5. The highest BCUT2D eigenvalue weighted by molar-refractivity contribution is 8.01. The van der Waals surface area contributed by atoms with Gasteiger partial charge in [0.1, 0.15) is 34.3 Å². The van der Waals surface area contributed by atoms with Crippen molar-refractivity contribution in [1.29, 1.82) is 0 Å². The van der Waals surface area contributed by atoms with Gasteiger partial charge in [-0.1, -0.05) is 88.1 Å². The lowest BCUT2D eigenvalue weighted by molar-refractivity contribution is -0.143. The number of nitrogens with zero attached hydrogens (tertiary/aromatic N) is 1. The number of carbonyl (C=O) groups is 6. The molecule has 3 atom stereocenters. The summed E-state index contributed by atoms with van der Waals surface area (Å²) in [6.45, 7) is 2.94. The number of unbranched alkanes of at least 4 members (excludes halogenated alkanes) is 2. The van der Waals surface area contributed by atoms with Crippen LogP contribution in [0.1, 0.15) is 76.8 Å². The number of benzene rings is 2. The first kappa shape index (κ1) is 44.1. The van der Waals surface area contributed by atoms with Crippen LogP contribution in [-0.4, -0.2) is 88.4 Å². The van der Waals surface area contributed by atoms with E-state index in [4.69, 9.17) is 14.9 Å². The number of rotatable bonds is 21. The fourth-order valence-corrected chi connectivity index (χ4v) is 8.09. The lowest BCUT2D eigenvalue weighted by Gasteiger charge is -2.36. The number of aliphatic hydroxyl groups excluding tert-OH is 1. The van der Waals surface area contributed by atoms with E-state index in [0.717, 1.165) is 25.7 Å². The molecule has 302 valence electrons. The van der Waals surface area contributed by atoms with Crippen molar-refractivity contribution in [3.05, 3.63) is 88.7 Å². The first-order chi connectivity index (χ1) is 27.0. The van der Waals surface area contributed by atoms with Crippen LogP contribution in [-0.2, 0) is 33.5 Å². The van der Waals surface area contributed by atoms with Crippen LogP contribution in [0.5, 0.6) is 0 Å². The number of hydrogen-bond acceptors (Lipinski definition) is 11. The van der Waals surface area contributed by atoms with E-state index in [-0.39, 0.29) is 42.5 Å². The molecule has 14 nitrogen and oxygen atoms in total. The van der Waals surface area contributed by atoms with Gasteiger partial charge in [-0.25, -0.2) is 9.52 Å². The zero-order chi connectivity index (χ0) is 40.7. The average molecular weight is 810 g/mol. The van der Waals surface area contributed by atoms with Gasteiger partial charge in [-0.15, -0.1) is 11.8 Å². The second-order valence-electron chi connectivity index (χ2n) is 13.4. The van der Waals surface area contributed by atoms with Crippen molar-refractivity contribution in [2.45, 2.75) is 88.1 Å². The number of hydrogen-bond donors (Lipinski definition) is 6. The molecule has 1 aliphatic heterocycles. The second-order valence-corrected chi connectivity index (χ2v) is 15.2. The standard InChI is InChI=1S/C40H51N5O9S2/c1-4-6-20-40(21-7-5-2)39(53)45(27-17-12-9-13-18-27)34-30(56-44-40)23-29(36(55-3)35(34)49)54-25-32(48)43-33(26-15-10-8-11-16-26)37(50)41-22-14-19-31(47)42-28(24-46)38(51)52/h8-13,15-18,23,28,33,36,44,46H,4-7,14,19-22,24-25H2,1-3H3,(H,41,50)(H,42,47)(H,43,48)(H,51,52)/t28-,33+,36-/m0/s1. The Hall–Kier alpha value is -4.64. The summed E-state index contributed by atoms with van der Waals surface area (Å²) >= 11 is 2.45. The molecule has 0 aromatic heterocycles. The number of ether oxygens (including phenoxy) is 1. The molecule has 0 unspecified atom stereocenters. The number of Topliss-reactive ketones (excluding diaryl/α,β-unsaturated/α-hetero) is 1. The lowest BCUT2D eigenvalue weighted by atomic mass is 9.86. The van der Waals surface area contributed by atoms with Gasteiger partial charge in [0.25, 0.3) is 11.8 Å². The quantitative estimate of drug-likeness (QED) is 0.0779. The van der Waals surface area contributed by atoms with Gasteiger partial charge < -0.3 is 30.9 Å². The van der Waals surface area contributed by atoms with E-state index in [0.29, 0.717) is 29.0 Å². The molecule has 0 saturated carbocycles. The number of amides is 4. The molecule has 4 rings (SSSR count). The van der Waals surface area contributed by atoms with Gasteiger partial charge >= 0.3 is 5.97 Å². The van der Waals surface area contributed by atoms with Gasteiger partial charge in [-0.2, -0.15) is 0 Å². The Morgan fingerprint density at radius 2 is 1.59 bits per heavy atom. The van der Waals surface area contributed by atoms with Crippen molar-refractivity contribution in [2.24, 2.45) is 0 Å². The molecule has 16 heteroatoms. The van der Waals surface area contributed by atoms with E-state index in [9.17, 15) is 28.8 Å². The molecule has 2 aromatic carbocycles. The number of aliphatic hydroxyl groups is 1. The van der Waals surface area contributed by atoms with Crippen LogP contribution in [0.25, 0.3) is 0 Å². The average Bonchev–Trinajstić information content (AvgIpc) is 3.32. The summed E-state index contributed by atoms with van der Waals surface area (Å²) in [4.78, 5) is 81.1. The number of para-hydroxylation sites is 1. The minimum absolute atomic E-state index is 0.0487. The third-order valence-electron chi connectivity index (χ3n) is 9.36. The fourth-order valence-electron chi connectivity index (χ4n) is 6.33. The zero-order valence-electron chi connectivity index (χ0n) is 31.9. The smallest absolute Gasteiger partial charge is 0.328 e. The molecule has 0 fully saturated rings. The van der Waals surface area contributed by atoms with Crippen LogP contribution in [0.3, 0.4) is 0 Å². The highest BCUT2D eigenvalue weighted by atomic mass is 32.2. The van der Waals surface area contributed by atoms with Crippen molar-refractivity contribution in [2.75, 3.05) is 30.9 Å². The highest BCUT2D eigenvalue weighted by Crippen LogP contribution is 2.43. The van der Waals surface area contributed by atoms with Crippen LogP contribution in [0, 0.1) is 0 Å². The monoisotopic (exact) mass is 809 g/mol. The van der Waals surface area contributed by atoms with Crippen LogP contribution >= 0.6 is 23.7 Å². The Balaban J connectivity index is 1.52. The van der Waals surface area contributed by atoms with Crippen molar-refractivity contribution in [3.8, 4) is 0 Å². The maximum absolute atomic E-state index is 14.7. The Morgan fingerprint density at radius 1 is 0.946 bits per heavy atom. The van der Waals surface area contributed by atoms with Gasteiger partial charge in [0.2, 0.25) is 17.6 Å². The van der Waals surface area contributed by atoms with Gasteiger partial charge in [-0.3, -0.25) is 28.9 Å². The van der Waals surface area contributed by atoms with Crippen LogP contribution in [0.4, 0.5) is 5.69 Å². The van der Waals surface area contributed by atoms with Crippen LogP contribution in [0.15, 0.2) is 83.1 Å². The summed E-state index contributed by atoms with van der Waals surface area (Å²) in [5.74, 6) is -3.41. The van der Waals surface area contributed by atoms with Crippen LogP contribution < -0.4 is 25.6 Å². The molecule has 4 amide bonds. The first-order valence-corrected chi connectivity index (χ1v) is 20.8. The number of ketones is 1. The number of carboxylic acid groups (broad SMARTS) is 1. The second kappa shape index (κ2) is 21.6. The highest BCUT2D eigenvalue weighted by Gasteiger charge is 2.48. The SMILES string of the molecule is CCCCC1(CCCC)NSC2=C(C(=O)[C@@H](SC)C(OCC(=O)N[C@@H](C(=O)NCCCC(=O)N[C@@H](CO)C(=O)O)c3ccccc3)=C2)N(c2ccccc2)C1=O. The third kappa shape index (κ3) is 11.2. The normalized spacial score (nSPS) is 17.5. The van der Waals surface area contributed by atoms with Crippen molar-refractivity contribution in [3.63, 3.8) is 0 Å². The predicted octanol–water partition coefficient (Wildman–Crippen LogP) is 4.13. The predicted molar refractivity (Wildman–Crippen MR) is 216 cm³/mol. The lowest BCUT2D eigenvalue weighted by Crippen LogP contribution is -2.55. The van der Waals surface area contributed by atoms with Crippen molar-refractivity contribution >= 4 is 64.8 Å². The van der Waals surface area contributed by atoms with Gasteiger partial charge in [0.15, 0.2) is 6.61 Å². The van der Waals surface area contributed by atoms with Crippen LogP contribution in [0.2, 0.25) is 0 Å². The number of allylic oxidation sites excluding steroid dienone is 2. The van der Waals surface area contributed by atoms with E-state index >= 15 is 0 Å².